The molecule has 2 aromatic carbocycles. The average Bonchev–Trinajstić information content (AvgIpc) is 3.34. The molecule has 0 radical (unpaired) electrons. The molecule has 0 bridgehead atoms. The number of nitrogens with one attached hydrogen (secondary N) is 1. The zero-order chi connectivity index (χ0) is 25.4. The summed E-state index contributed by atoms with van der Waals surface area (Å²) in [5.41, 5.74) is 1.14. The van der Waals surface area contributed by atoms with E-state index in [2.05, 4.69) is 5.32 Å². The lowest BCUT2D eigenvalue weighted by molar-refractivity contribution is -0.140. The van der Waals surface area contributed by atoms with E-state index in [0.717, 1.165) is 16.3 Å². The van der Waals surface area contributed by atoms with Crippen molar-refractivity contribution in [1.29, 1.82) is 0 Å². The molecule has 2 amide bonds. The maximum absolute atomic E-state index is 13.7. The summed E-state index contributed by atoms with van der Waals surface area (Å²) < 4.78 is 37.9. The van der Waals surface area contributed by atoms with Crippen LogP contribution in [0.4, 0.5) is 5.69 Å². The summed E-state index contributed by atoms with van der Waals surface area (Å²) in [6, 6.07) is 13.3. The summed E-state index contributed by atoms with van der Waals surface area (Å²) in [4.78, 5) is 28.1. The van der Waals surface area contributed by atoms with Crippen LogP contribution in [0.2, 0.25) is 0 Å². The minimum Gasteiger partial charge on any atom is -0.454 e. The van der Waals surface area contributed by atoms with Crippen molar-refractivity contribution in [2.75, 3.05) is 29.9 Å². The standard InChI is InChI=1S/C25H33N3O6S/c1-4-14-26-25(30)21(5-2)27(16-19-10-8-7-9-11-19)24(29)17-28(35(31,32)6-3)20-12-13-22-23(15-20)34-18-33-22/h7-13,15,21H,4-6,14,16-18H2,1-3H3,(H,26,30)/t21-/m1/s1. The van der Waals surface area contributed by atoms with Gasteiger partial charge in [0, 0.05) is 19.2 Å². The van der Waals surface area contributed by atoms with E-state index in [9.17, 15) is 18.0 Å². The highest BCUT2D eigenvalue weighted by Crippen LogP contribution is 2.36. The molecule has 0 spiro atoms. The number of nitrogens with zero attached hydrogens (tertiary/aromatic N) is 2. The van der Waals surface area contributed by atoms with E-state index in [1.807, 2.05) is 44.2 Å². The van der Waals surface area contributed by atoms with Crippen molar-refractivity contribution in [2.45, 2.75) is 46.2 Å². The van der Waals surface area contributed by atoms with Gasteiger partial charge >= 0.3 is 0 Å². The van der Waals surface area contributed by atoms with Gasteiger partial charge in [0.25, 0.3) is 0 Å². The molecule has 0 saturated carbocycles. The minimum atomic E-state index is -3.81. The fourth-order valence-electron chi connectivity index (χ4n) is 3.83. The van der Waals surface area contributed by atoms with Gasteiger partial charge < -0.3 is 19.7 Å². The fourth-order valence-corrected chi connectivity index (χ4v) is 4.88. The number of fused-ring (bicyclic) bond motifs is 1. The number of benzene rings is 2. The lowest BCUT2D eigenvalue weighted by Gasteiger charge is -2.33. The summed E-state index contributed by atoms with van der Waals surface area (Å²) >= 11 is 0. The van der Waals surface area contributed by atoms with Crippen molar-refractivity contribution < 1.29 is 27.5 Å². The van der Waals surface area contributed by atoms with Crippen LogP contribution in [0, 0.1) is 0 Å². The van der Waals surface area contributed by atoms with Crippen LogP contribution in [0.15, 0.2) is 48.5 Å². The first kappa shape index (κ1) is 26.3. The topological polar surface area (TPSA) is 105 Å². The number of carbonyl (C=O) groups is 2. The summed E-state index contributed by atoms with van der Waals surface area (Å²) in [6.07, 6.45) is 1.15. The molecule has 1 aliphatic rings. The molecule has 0 saturated heterocycles. The molecule has 9 nitrogen and oxygen atoms in total. The number of ether oxygens (including phenoxy) is 2. The molecule has 0 aliphatic carbocycles. The Hall–Kier alpha value is -3.27. The molecule has 1 N–H and O–H groups in total. The fraction of sp³-hybridized carbons (Fsp3) is 0.440. The van der Waals surface area contributed by atoms with E-state index in [1.54, 1.807) is 18.2 Å². The summed E-state index contributed by atoms with van der Waals surface area (Å²) in [6.45, 7) is 5.59. The van der Waals surface area contributed by atoms with Crippen molar-refractivity contribution in [3.05, 3.63) is 54.1 Å². The van der Waals surface area contributed by atoms with E-state index < -0.39 is 28.5 Å². The number of carbonyl (C=O) groups excluding carboxylic acids is 2. The van der Waals surface area contributed by atoms with Crippen molar-refractivity contribution in [1.82, 2.24) is 10.2 Å². The van der Waals surface area contributed by atoms with Crippen molar-refractivity contribution in [3.63, 3.8) is 0 Å². The average molecular weight is 504 g/mol. The van der Waals surface area contributed by atoms with Gasteiger partial charge in [0.1, 0.15) is 12.6 Å². The van der Waals surface area contributed by atoms with Crippen molar-refractivity contribution >= 4 is 27.5 Å². The van der Waals surface area contributed by atoms with Crippen LogP contribution in [0.1, 0.15) is 39.2 Å². The van der Waals surface area contributed by atoms with Gasteiger partial charge in [-0.25, -0.2) is 8.42 Å². The second-order valence-corrected chi connectivity index (χ2v) is 10.3. The first-order valence-corrected chi connectivity index (χ1v) is 13.4. The molecular formula is C25H33N3O6S. The zero-order valence-electron chi connectivity index (χ0n) is 20.4. The van der Waals surface area contributed by atoms with E-state index in [4.69, 9.17) is 9.47 Å². The molecule has 0 unspecified atom stereocenters. The number of hydrogen-bond donors (Lipinski definition) is 1. The Labute approximate surface area is 207 Å². The highest BCUT2D eigenvalue weighted by atomic mass is 32.2. The molecule has 190 valence electrons. The molecule has 2 aromatic rings. The number of amides is 2. The Bertz CT molecular complexity index is 1120. The summed E-state index contributed by atoms with van der Waals surface area (Å²) in [5, 5.41) is 2.86. The molecule has 35 heavy (non-hydrogen) atoms. The highest BCUT2D eigenvalue weighted by molar-refractivity contribution is 7.92. The van der Waals surface area contributed by atoms with Gasteiger partial charge in [-0.3, -0.25) is 13.9 Å². The zero-order valence-corrected chi connectivity index (χ0v) is 21.2. The van der Waals surface area contributed by atoms with Crippen molar-refractivity contribution in [3.8, 4) is 11.5 Å². The number of hydrogen-bond acceptors (Lipinski definition) is 6. The maximum Gasteiger partial charge on any atom is 0.244 e. The van der Waals surface area contributed by atoms with E-state index in [0.29, 0.717) is 30.2 Å². The lowest BCUT2D eigenvalue weighted by Crippen LogP contribution is -2.52. The van der Waals surface area contributed by atoms with Crippen LogP contribution in [0.25, 0.3) is 0 Å². The molecule has 1 heterocycles. The highest BCUT2D eigenvalue weighted by Gasteiger charge is 2.32. The third kappa shape index (κ3) is 6.45. The molecule has 10 heteroatoms. The number of sulfonamides is 1. The molecule has 3 rings (SSSR count). The van der Waals surface area contributed by atoms with Gasteiger partial charge in [0.05, 0.1) is 11.4 Å². The number of rotatable bonds is 12. The van der Waals surface area contributed by atoms with Crippen LogP contribution in [-0.2, 0) is 26.2 Å². The SMILES string of the molecule is CCCNC(=O)[C@@H](CC)N(Cc1ccccc1)C(=O)CN(c1ccc2c(c1)OCO2)S(=O)(=O)CC. The normalized spacial score (nSPS) is 13.2. The monoisotopic (exact) mass is 503 g/mol. The third-order valence-corrected chi connectivity index (χ3v) is 7.50. The van der Waals surface area contributed by atoms with Crippen LogP contribution in [-0.4, -0.2) is 56.8 Å². The van der Waals surface area contributed by atoms with Crippen LogP contribution in [0.3, 0.4) is 0 Å². The van der Waals surface area contributed by atoms with Crippen LogP contribution < -0.4 is 19.1 Å². The summed E-state index contributed by atoms with van der Waals surface area (Å²) in [5.74, 6) is 0.00593. The van der Waals surface area contributed by atoms with E-state index in [-0.39, 0.29) is 25.0 Å². The lowest BCUT2D eigenvalue weighted by atomic mass is 10.1. The first-order chi connectivity index (χ1) is 16.8. The second-order valence-electron chi connectivity index (χ2n) is 8.17. The molecule has 1 atom stereocenters. The second kappa shape index (κ2) is 11.9. The van der Waals surface area contributed by atoms with Gasteiger partial charge in [-0.05, 0) is 37.5 Å². The summed E-state index contributed by atoms with van der Waals surface area (Å²) in [7, 11) is -3.81. The van der Waals surface area contributed by atoms with Gasteiger partial charge in [0.15, 0.2) is 11.5 Å². The Kier molecular flexibility index (Phi) is 8.97. The molecular weight excluding hydrogens is 470 g/mol. The molecule has 0 aromatic heterocycles. The van der Waals surface area contributed by atoms with Crippen LogP contribution >= 0.6 is 0 Å². The van der Waals surface area contributed by atoms with Crippen LogP contribution in [0.5, 0.6) is 11.5 Å². The van der Waals surface area contributed by atoms with Gasteiger partial charge in [-0.1, -0.05) is 44.2 Å². The third-order valence-electron chi connectivity index (χ3n) is 5.75. The maximum atomic E-state index is 13.7. The van der Waals surface area contributed by atoms with E-state index in [1.165, 1.54) is 11.8 Å². The quantitative estimate of drug-likeness (QED) is 0.478. The molecule has 0 fully saturated rings. The predicted molar refractivity (Wildman–Crippen MR) is 134 cm³/mol. The van der Waals surface area contributed by atoms with Gasteiger partial charge in [-0.2, -0.15) is 0 Å². The van der Waals surface area contributed by atoms with Crippen molar-refractivity contribution in [2.24, 2.45) is 0 Å². The Morgan fingerprint density at radius 1 is 1.03 bits per heavy atom. The smallest absolute Gasteiger partial charge is 0.244 e. The Morgan fingerprint density at radius 3 is 2.40 bits per heavy atom. The largest absolute Gasteiger partial charge is 0.454 e. The Morgan fingerprint density at radius 2 is 1.74 bits per heavy atom. The predicted octanol–water partition coefficient (Wildman–Crippen LogP) is 2.91. The Balaban J connectivity index is 1.94. The minimum absolute atomic E-state index is 0.0498. The van der Waals surface area contributed by atoms with Gasteiger partial charge in [-0.15, -0.1) is 0 Å². The number of anilines is 1. The molecule has 1 aliphatic heterocycles. The van der Waals surface area contributed by atoms with Gasteiger partial charge in [0.2, 0.25) is 28.6 Å². The first-order valence-electron chi connectivity index (χ1n) is 11.8. The van der Waals surface area contributed by atoms with E-state index >= 15 is 0 Å².